The number of nitrogen functional groups attached to an aromatic ring is 1. The quantitative estimate of drug-likeness (QED) is 0.724. The van der Waals surface area contributed by atoms with Gasteiger partial charge in [0.1, 0.15) is 0 Å². The average Bonchev–Trinajstić information content (AvgIpc) is 2.62. The predicted octanol–water partition coefficient (Wildman–Crippen LogP) is 2.64. The molecular formula is C20H16N4O. The van der Waals surface area contributed by atoms with Crippen LogP contribution in [0.25, 0.3) is 0 Å². The van der Waals surface area contributed by atoms with Crippen molar-refractivity contribution in [2.75, 3.05) is 11.1 Å². The molecule has 122 valence electrons. The highest BCUT2D eigenvalue weighted by atomic mass is 16.1. The van der Waals surface area contributed by atoms with Crippen LogP contribution in [0.4, 0.5) is 11.6 Å². The van der Waals surface area contributed by atoms with Crippen molar-refractivity contribution in [1.29, 1.82) is 0 Å². The third-order valence-corrected chi connectivity index (χ3v) is 3.37. The molecule has 0 aliphatic heterocycles. The summed E-state index contributed by atoms with van der Waals surface area (Å²) in [5, 5.41) is 2.87. The summed E-state index contributed by atoms with van der Waals surface area (Å²) in [5.41, 5.74) is 8.63. The molecule has 0 aliphatic rings. The van der Waals surface area contributed by atoms with Crippen LogP contribution in [0.3, 0.4) is 0 Å². The molecule has 0 aliphatic carbocycles. The molecule has 0 radical (unpaired) electrons. The molecule has 0 saturated carbocycles. The molecule has 0 atom stereocenters. The number of carbonyl (C=O) groups excluding carboxylic acids is 1. The first-order chi connectivity index (χ1) is 12.2. The SMILES string of the molecule is Nc1ncc(C#Cc2cccc(CC(=O)Nc3ccccc3)c2)cn1. The summed E-state index contributed by atoms with van der Waals surface area (Å²) in [7, 11) is 0. The molecule has 1 aromatic heterocycles. The molecule has 0 fully saturated rings. The molecule has 3 rings (SSSR count). The van der Waals surface area contributed by atoms with Crippen LogP contribution in [0.5, 0.6) is 0 Å². The molecule has 1 heterocycles. The first kappa shape index (κ1) is 16.2. The first-order valence-corrected chi connectivity index (χ1v) is 7.72. The van der Waals surface area contributed by atoms with Crippen LogP contribution in [-0.2, 0) is 11.2 Å². The summed E-state index contributed by atoms with van der Waals surface area (Å²) in [6, 6.07) is 17.0. The Balaban J connectivity index is 1.67. The van der Waals surface area contributed by atoms with Gasteiger partial charge >= 0.3 is 0 Å². The number of nitrogens with zero attached hydrogens (tertiary/aromatic N) is 2. The molecule has 25 heavy (non-hydrogen) atoms. The van der Waals surface area contributed by atoms with E-state index in [4.69, 9.17) is 5.73 Å². The van der Waals surface area contributed by atoms with E-state index in [-0.39, 0.29) is 18.3 Å². The fraction of sp³-hybridized carbons (Fsp3) is 0.0500. The maximum absolute atomic E-state index is 12.1. The highest BCUT2D eigenvalue weighted by Gasteiger charge is 2.04. The minimum Gasteiger partial charge on any atom is -0.368 e. The van der Waals surface area contributed by atoms with Gasteiger partial charge in [-0.1, -0.05) is 42.2 Å². The van der Waals surface area contributed by atoms with E-state index in [2.05, 4.69) is 27.1 Å². The lowest BCUT2D eigenvalue weighted by Crippen LogP contribution is -2.14. The van der Waals surface area contributed by atoms with Crippen LogP contribution >= 0.6 is 0 Å². The fourth-order valence-corrected chi connectivity index (χ4v) is 2.22. The summed E-state index contributed by atoms with van der Waals surface area (Å²) in [6.07, 6.45) is 3.44. The Kier molecular flexibility index (Phi) is 5.03. The number of benzene rings is 2. The third-order valence-electron chi connectivity index (χ3n) is 3.37. The maximum Gasteiger partial charge on any atom is 0.228 e. The van der Waals surface area contributed by atoms with Gasteiger partial charge < -0.3 is 11.1 Å². The van der Waals surface area contributed by atoms with Crippen molar-refractivity contribution in [3.05, 3.63) is 83.7 Å². The Hall–Kier alpha value is -3.65. The van der Waals surface area contributed by atoms with E-state index in [1.165, 1.54) is 0 Å². The Morgan fingerprint density at radius 2 is 1.68 bits per heavy atom. The molecule has 0 bridgehead atoms. The number of hydrogen-bond acceptors (Lipinski definition) is 4. The molecule has 5 nitrogen and oxygen atoms in total. The Labute approximate surface area is 145 Å². The van der Waals surface area contributed by atoms with Gasteiger partial charge in [0.15, 0.2) is 0 Å². The molecule has 0 spiro atoms. The monoisotopic (exact) mass is 328 g/mol. The maximum atomic E-state index is 12.1. The van der Waals surface area contributed by atoms with E-state index in [0.717, 1.165) is 16.8 Å². The van der Waals surface area contributed by atoms with Gasteiger partial charge in [-0.15, -0.1) is 0 Å². The van der Waals surface area contributed by atoms with E-state index >= 15 is 0 Å². The van der Waals surface area contributed by atoms with Gasteiger partial charge in [0.25, 0.3) is 0 Å². The Morgan fingerprint density at radius 1 is 0.960 bits per heavy atom. The van der Waals surface area contributed by atoms with Gasteiger partial charge in [0, 0.05) is 23.6 Å². The van der Waals surface area contributed by atoms with Gasteiger partial charge in [-0.05, 0) is 29.8 Å². The zero-order valence-electron chi connectivity index (χ0n) is 13.4. The molecule has 1 amide bonds. The molecule has 5 heteroatoms. The lowest BCUT2D eigenvalue weighted by molar-refractivity contribution is -0.115. The number of para-hydroxylation sites is 1. The second kappa shape index (κ2) is 7.75. The molecular weight excluding hydrogens is 312 g/mol. The lowest BCUT2D eigenvalue weighted by atomic mass is 10.1. The van der Waals surface area contributed by atoms with Crippen molar-refractivity contribution in [1.82, 2.24) is 9.97 Å². The van der Waals surface area contributed by atoms with Crippen LogP contribution in [0.2, 0.25) is 0 Å². The number of carbonyl (C=O) groups is 1. The first-order valence-electron chi connectivity index (χ1n) is 7.72. The van der Waals surface area contributed by atoms with Crippen LogP contribution in [0, 0.1) is 11.8 Å². The van der Waals surface area contributed by atoms with Gasteiger partial charge in [-0.2, -0.15) is 0 Å². The minimum atomic E-state index is -0.0664. The van der Waals surface area contributed by atoms with E-state index in [1.54, 1.807) is 12.4 Å². The standard InChI is InChI=1S/C20H16N4O/c21-20-22-13-17(14-23-20)10-9-15-5-4-6-16(11-15)12-19(25)24-18-7-2-1-3-8-18/h1-8,11,13-14H,12H2,(H,24,25)(H2,21,22,23). The number of aromatic nitrogens is 2. The summed E-state index contributed by atoms with van der Waals surface area (Å²) in [5.74, 6) is 6.17. The van der Waals surface area contributed by atoms with Crippen molar-refractivity contribution in [2.45, 2.75) is 6.42 Å². The smallest absolute Gasteiger partial charge is 0.228 e. The van der Waals surface area contributed by atoms with Crippen LogP contribution in [-0.4, -0.2) is 15.9 Å². The van der Waals surface area contributed by atoms with E-state index in [9.17, 15) is 4.79 Å². The van der Waals surface area contributed by atoms with E-state index in [1.807, 2.05) is 54.6 Å². The van der Waals surface area contributed by atoms with Gasteiger partial charge in [0.2, 0.25) is 11.9 Å². The number of hydrogen-bond donors (Lipinski definition) is 2. The van der Waals surface area contributed by atoms with Crippen molar-refractivity contribution < 1.29 is 4.79 Å². The zero-order chi connectivity index (χ0) is 17.5. The summed E-state index contributed by atoms with van der Waals surface area (Å²) < 4.78 is 0. The molecule has 0 unspecified atom stereocenters. The second-order valence-corrected chi connectivity index (χ2v) is 5.37. The van der Waals surface area contributed by atoms with E-state index < -0.39 is 0 Å². The van der Waals surface area contributed by atoms with Crippen molar-refractivity contribution >= 4 is 17.5 Å². The van der Waals surface area contributed by atoms with Crippen LogP contribution in [0.15, 0.2) is 67.0 Å². The second-order valence-electron chi connectivity index (χ2n) is 5.37. The summed E-state index contributed by atoms with van der Waals surface area (Å²) in [6.45, 7) is 0. The normalized spacial score (nSPS) is 9.76. The van der Waals surface area contributed by atoms with Crippen molar-refractivity contribution in [2.24, 2.45) is 0 Å². The number of nitrogens with one attached hydrogen (secondary N) is 1. The van der Waals surface area contributed by atoms with Crippen LogP contribution in [0.1, 0.15) is 16.7 Å². The van der Waals surface area contributed by atoms with Gasteiger partial charge in [-0.3, -0.25) is 4.79 Å². The molecule has 3 N–H and O–H groups in total. The van der Waals surface area contributed by atoms with E-state index in [0.29, 0.717) is 5.56 Å². The third kappa shape index (κ3) is 4.91. The zero-order valence-corrected chi connectivity index (χ0v) is 13.4. The lowest BCUT2D eigenvalue weighted by Gasteiger charge is -2.05. The number of anilines is 2. The minimum absolute atomic E-state index is 0.0664. The highest BCUT2D eigenvalue weighted by Crippen LogP contribution is 2.09. The summed E-state index contributed by atoms with van der Waals surface area (Å²) in [4.78, 5) is 19.9. The van der Waals surface area contributed by atoms with Gasteiger partial charge in [0.05, 0.1) is 12.0 Å². The Bertz CT molecular complexity index is 925. The molecule has 3 aromatic rings. The van der Waals surface area contributed by atoms with Crippen LogP contribution < -0.4 is 11.1 Å². The molecule has 0 saturated heterocycles. The average molecular weight is 328 g/mol. The van der Waals surface area contributed by atoms with Crippen molar-refractivity contribution in [3.63, 3.8) is 0 Å². The van der Waals surface area contributed by atoms with Gasteiger partial charge in [-0.25, -0.2) is 9.97 Å². The molecule has 2 aromatic carbocycles. The largest absolute Gasteiger partial charge is 0.368 e. The number of rotatable bonds is 3. The number of amides is 1. The Morgan fingerprint density at radius 3 is 2.44 bits per heavy atom. The highest BCUT2D eigenvalue weighted by molar-refractivity contribution is 5.92. The van der Waals surface area contributed by atoms with Crippen molar-refractivity contribution in [3.8, 4) is 11.8 Å². The summed E-state index contributed by atoms with van der Waals surface area (Å²) >= 11 is 0. The predicted molar refractivity (Wildman–Crippen MR) is 97.6 cm³/mol. The fourth-order valence-electron chi connectivity index (χ4n) is 2.22. The number of nitrogens with two attached hydrogens (primary N) is 1. The topological polar surface area (TPSA) is 80.9 Å².